The topological polar surface area (TPSA) is 66.4 Å². The van der Waals surface area contributed by atoms with Crippen molar-refractivity contribution in [1.29, 1.82) is 0 Å². The largest absolute Gasteiger partial charge is 0.391 e. The Kier molecular flexibility index (Phi) is 4.02. The second-order valence-corrected chi connectivity index (χ2v) is 6.37. The Morgan fingerprint density at radius 1 is 1.20 bits per heavy atom. The molecule has 9 heteroatoms. The van der Waals surface area contributed by atoms with E-state index < -0.39 is 39.8 Å². The van der Waals surface area contributed by atoms with Crippen LogP contribution in [0.25, 0.3) is 0 Å². The van der Waals surface area contributed by atoms with Crippen molar-refractivity contribution in [2.24, 2.45) is 0 Å². The number of rotatable bonds is 4. The quantitative estimate of drug-likeness (QED) is 0.908. The van der Waals surface area contributed by atoms with E-state index in [0.29, 0.717) is 12.1 Å². The second kappa shape index (κ2) is 5.43. The maximum Gasteiger partial charge on any atom is 0.263 e. The standard InChI is InChI=1S/C11H8F3NO3S2/c12-6-3-7(13)11(8(14)4-6)15-20(17,18)10-1-2-19-9(10)5-16/h1-4,15-16H,5H2. The van der Waals surface area contributed by atoms with Gasteiger partial charge in [-0.15, -0.1) is 11.3 Å². The highest BCUT2D eigenvalue weighted by atomic mass is 32.2. The number of benzene rings is 1. The molecule has 4 nitrogen and oxygen atoms in total. The molecule has 0 aliphatic heterocycles. The Balaban J connectivity index is 2.44. The summed E-state index contributed by atoms with van der Waals surface area (Å²) in [5.74, 6) is -3.90. The van der Waals surface area contributed by atoms with Crippen LogP contribution in [0.4, 0.5) is 18.9 Å². The van der Waals surface area contributed by atoms with Crippen molar-refractivity contribution in [1.82, 2.24) is 0 Å². The van der Waals surface area contributed by atoms with Gasteiger partial charge in [0.1, 0.15) is 16.4 Å². The molecule has 2 N–H and O–H groups in total. The van der Waals surface area contributed by atoms with E-state index >= 15 is 0 Å². The zero-order valence-electron chi connectivity index (χ0n) is 9.73. The van der Waals surface area contributed by atoms with E-state index in [1.165, 1.54) is 11.4 Å². The van der Waals surface area contributed by atoms with Gasteiger partial charge in [-0.1, -0.05) is 0 Å². The average molecular weight is 323 g/mol. The summed E-state index contributed by atoms with van der Waals surface area (Å²) in [6.45, 7) is -0.526. The summed E-state index contributed by atoms with van der Waals surface area (Å²) in [4.78, 5) is -0.159. The molecule has 0 bridgehead atoms. The highest BCUT2D eigenvalue weighted by molar-refractivity contribution is 7.93. The summed E-state index contributed by atoms with van der Waals surface area (Å²) in [5.41, 5.74) is -0.971. The lowest BCUT2D eigenvalue weighted by Crippen LogP contribution is -2.16. The number of halogens is 3. The molecule has 0 aliphatic rings. The van der Waals surface area contributed by atoms with Crippen LogP contribution in [0.2, 0.25) is 0 Å². The maximum atomic E-state index is 13.4. The summed E-state index contributed by atoms with van der Waals surface area (Å²) in [6.07, 6.45) is 0. The summed E-state index contributed by atoms with van der Waals surface area (Å²) < 4.78 is 65.3. The SMILES string of the molecule is O=S(=O)(Nc1c(F)cc(F)cc1F)c1ccsc1CO. The van der Waals surface area contributed by atoms with Crippen LogP contribution in [-0.4, -0.2) is 13.5 Å². The fraction of sp³-hybridized carbons (Fsp3) is 0.0909. The summed E-state index contributed by atoms with van der Waals surface area (Å²) >= 11 is 0.981. The number of sulfonamides is 1. The third-order valence-electron chi connectivity index (χ3n) is 2.38. The minimum Gasteiger partial charge on any atom is -0.391 e. The molecule has 0 fully saturated rings. The normalized spacial score (nSPS) is 11.6. The first-order valence-electron chi connectivity index (χ1n) is 5.19. The van der Waals surface area contributed by atoms with Crippen LogP contribution < -0.4 is 4.72 Å². The Morgan fingerprint density at radius 2 is 1.80 bits per heavy atom. The van der Waals surface area contributed by atoms with Gasteiger partial charge in [0.05, 0.1) is 11.5 Å². The molecule has 0 spiro atoms. The van der Waals surface area contributed by atoms with Crippen LogP contribution in [0.3, 0.4) is 0 Å². The molecule has 2 rings (SSSR count). The highest BCUT2D eigenvalue weighted by Gasteiger charge is 2.23. The minimum atomic E-state index is -4.27. The van der Waals surface area contributed by atoms with Crippen molar-refractivity contribution in [2.75, 3.05) is 4.72 Å². The maximum absolute atomic E-state index is 13.4. The van der Waals surface area contributed by atoms with E-state index in [1.54, 1.807) is 4.72 Å². The molecule has 0 atom stereocenters. The fourth-order valence-corrected chi connectivity index (χ4v) is 3.88. The van der Waals surface area contributed by atoms with E-state index in [4.69, 9.17) is 5.11 Å². The number of aliphatic hydroxyl groups is 1. The molecule has 1 aromatic heterocycles. The van der Waals surface area contributed by atoms with Crippen molar-refractivity contribution in [2.45, 2.75) is 11.5 Å². The van der Waals surface area contributed by atoms with Gasteiger partial charge in [0.15, 0.2) is 11.6 Å². The first kappa shape index (κ1) is 14.8. The number of aliphatic hydroxyl groups excluding tert-OH is 1. The molecule has 0 saturated heterocycles. The van der Waals surface area contributed by atoms with E-state index in [2.05, 4.69) is 0 Å². The van der Waals surface area contributed by atoms with Crippen molar-refractivity contribution in [3.8, 4) is 0 Å². The lowest BCUT2D eigenvalue weighted by molar-refractivity contribution is 0.282. The Bertz CT molecular complexity index is 720. The number of anilines is 1. The number of hydrogen-bond donors (Lipinski definition) is 2. The third-order valence-corrected chi connectivity index (χ3v) is 4.85. The predicted octanol–water partition coefficient (Wildman–Crippen LogP) is 2.46. The zero-order valence-corrected chi connectivity index (χ0v) is 11.4. The first-order chi connectivity index (χ1) is 9.35. The number of nitrogens with one attached hydrogen (secondary N) is 1. The molecular weight excluding hydrogens is 315 g/mol. The smallest absolute Gasteiger partial charge is 0.263 e. The molecular formula is C11H8F3NO3S2. The molecule has 20 heavy (non-hydrogen) atoms. The Labute approximate surface area is 116 Å². The van der Waals surface area contributed by atoms with Crippen LogP contribution in [0.1, 0.15) is 4.88 Å². The van der Waals surface area contributed by atoms with Gasteiger partial charge in [-0.2, -0.15) is 0 Å². The molecule has 0 radical (unpaired) electrons. The van der Waals surface area contributed by atoms with Gasteiger partial charge in [0, 0.05) is 12.1 Å². The van der Waals surface area contributed by atoms with Crippen LogP contribution in [0.5, 0.6) is 0 Å². The van der Waals surface area contributed by atoms with Crippen LogP contribution >= 0.6 is 11.3 Å². The minimum absolute atomic E-state index is 0.125. The van der Waals surface area contributed by atoms with Gasteiger partial charge in [0.25, 0.3) is 10.0 Å². The van der Waals surface area contributed by atoms with Gasteiger partial charge < -0.3 is 5.11 Å². The monoisotopic (exact) mass is 323 g/mol. The van der Waals surface area contributed by atoms with E-state index in [-0.39, 0.29) is 9.77 Å². The van der Waals surface area contributed by atoms with Gasteiger partial charge in [-0.05, 0) is 11.4 Å². The summed E-state index contributed by atoms with van der Waals surface area (Å²) in [6, 6.07) is 1.92. The predicted molar refractivity (Wildman–Crippen MR) is 67.4 cm³/mol. The van der Waals surface area contributed by atoms with Crippen LogP contribution in [0, 0.1) is 17.5 Å². The molecule has 1 aromatic carbocycles. The highest BCUT2D eigenvalue weighted by Crippen LogP contribution is 2.27. The van der Waals surface area contributed by atoms with Crippen molar-refractivity contribution in [3.63, 3.8) is 0 Å². The number of thiophene rings is 1. The van der Waals surface area contributed by atoms with Gasteiger partial charge in [-0.3, -0.25) is 4.72 Å². The van der Waals surface area contributed by atoms with Crippen molar-refractivity contribution >= 4 is 27.0 Å². The van der Waals surface area contributed by atoms with E-state index in [0.717, 1.165) is 11.3 Å². The molecule has 0 amide bonds. The van der Waals surface area contributed by atoms with Gasteiger partial charge >= 0.3 is 0 Å². The van der Waals surface area contributed by atoms with E-state index in [9.17, 15) is 21.6 Å². The molecule has 0 aliphatic carbocycles. The number of hydrogen-bond acceptors (Lipinski definition) is 4. The molecule has 0 saturated carbocycles. The third kappa shape index (κ3) is 2.79. The second-order valence-electron chi connectivity index (χ2n) is 3.72. The molecule has 0 unspecified atom stereocenters. The summed E-state index contributed by atoms with van der Waals surface area (Å²) in [5, 5.41) is 10.4. The van der Waals surface area contributed by atoms with Gasteiger partial charge in [0.2, 0.25) is 0 Å². The molecule has 108 valence electrons. The van der Waals surface area contributed by atoms with Crippen molar-refractivity contribution in [3.05, 3.63) is 45.9 Å². The lowest BCUT2D eigenvalue weighted by Gasteiger charge is -2.10. The lowest BCUT2D eigenvalue weighted by atomic mass is 10.3. The Hall–Kier alpha value is -1.58. The molecule has 2 aromatic rings. The van der Waals surface area contributed by atoms with Crippen LogP contribution in [0.15, 0.2) is 28.5 Å². The van der Waals surface area contributed by atoms with Crippen LogP contribution in [-0.2, 0) is 16.6 Å². The zero-order chi connectivity index (χ0) is 14.9. The average Bonchev–Trinajstić information content (AvgIpc) is 2.83. The summed E-state index contributed by atoms with van der Waals surface area (Å²) in [7, 11) is -4.27. The van der Waals surface area contributed by atoms with Crippen molar-refractivity contribution < 1.29 is 26.7 Å². The molecule has 1 heterocycles. The van der Waals surface area contributed by atoms with E-state index in [1.807, 2.05) is 0 Å². The van der Waals surface area contributed by atoms with Gasteiger partial charge in [-0.25, -0.2) is 21.6 Å². The Morgan fingerprint density at radius 3 is 2.35 bits per heavy atom. The fourth-order valence-electron chi connectivity index (χ4n) is 1.51. The first-order valence-corrected chi connectivity index (χ1v) is 7.56.